The maximum atomic E-state index is 13.5. The number of aliphatic hydroxyl groups excluding tert-OH is 1. The Morgan fingerprint density at radius 1 is 0.923 bits per heavy atom. The number of Topliss-reactive ketones (excluding diaryl/α,β-unsaturated/α-hetero) is 1. The summed E-state index contributed by atoms with van der Waals surface area (Å²) in [4.78, 5) is 11.7. The minimum Gasteiger partial charge on any atom is -0.394 e. The summed E-state index contributed by atoms with van der Waals surface area (Å²) < 4.78 is 97.9. The second-order valence-corrected chi connectivity index (χ2v) is 10.00. The third kappa shape index (κ3) is 13.6. The fraction of sp³-hybridized carbons (Fsp3) is 0.696. The quantitative estimate of drug-likeness (QED) is 0.0775. The predicted octanol–water partition coefficient (Wildman–Crippen LogP) is 2.83. The molecule has 0 saturated carbocycles. The maximum Gasteiger partial charge on any atom is 0.427 e. The Bertz CT molecular complexity index is 861. The summed E-state index contributed by atoms with van der Waals surface area (Å²) in [7, 11) is -3.69. The molecule has 0 aliphatic carbocycles. The van der Waals surface area contributed by atoms with Crippen LogP contribution in [0.1, 0.15) is 15.9 Å². The van der Waals surface area contributed by atoms with Crippen molar-refractivity contribution >= 4 is 13.5 Å². The number of morpholine rings is 1. The van der Waals surface area contributed by atoms with E-state index in [-0.39, 0.29) is 67.1 Å². The summed E-state index contributed by atoms with van der Waals surface area (Å²) in [6, 6.07) is 4.98. The van der Waals surface area contributed by atoms with Crippen LogP contribution in [0.5, 0.6) is 0 Å². The number of hydrogen-bond donors (Lipinski definition) is 1. The number of ether oxygens (including phenoxy) is 4. The zero-order valence-corrected chi connectivity index (χ0v) is 24.2. The average Bonchev–Trinajstić information content (AvgIpc) is 2.91. The van der Waals surface area contributed by atoms with E-state index in [9.17, 15) is 26.9 Å². The SMILES string of the molecule is O=C(c1ccc(CCOP(=O)(OCCOCCOCCOCCO)N2CCOCC2)cc1)C(F)C(F)(F)F.[Mo]. The van der Waals surface area contributed by atoms with E-state index in [1.54, 1.807) is 4.67 Å². The van der Waals surface area contributed by atoms with Gasteiger partial charge in [-0.15, -0.1) is 0 Å². The molecule has 1 aromatic rings. The summed E-state index contributed by atoms with van der Waals surface area (Å²) in [6.45, 7) is 3.03. The van der Waals surface area contributed by atoms with Crippen LogP contribution in [0.2, 0.25) is 0 Å². The molecule has 0 radical (unpaired) electrons. The molecule has 1 fully saturated rings. The number of rotatable bonds is 19. The maximum absolute atomic E-state index is 13.5. The summed E-state index contributed by atoms with van der Waals surface area (Å²) in [6.07, 6.45) is -8.62. The largest absolute Gasteiger partial charge is 0.427 e. The van der Waals surface area contributed by atoms with Crippen LogP contribution >= 0.6 is 7.75 Å². The number of aliphatic hydroxyl groups is 1. The van der Waals surface area contributed by atoms with Crippen LogP contribution in [0, 0.1) is 0 Å². The molecule has 10 nitrogen and oxygen atoms in total. The third-order valence-corrected chi connectivity index (χ3v) is 7.31. The van der Waals surface area contributed by atoms with Gasteiger partial charge < -0.3 is 24.1 Å². The van der Waals surface area contributed by atoms with Crippen molar-refractivity contribution in [3.05, 3.63) is 35.4 Å². The van der Waals surface area contributed by atoms with Gasteiger partial charge in [0, 0.05) is 39.7 Å². The van der Waals surface area contributed by atoms with Gasteiger partial charge in [0.15, 0.2) is 0 Å². The Morgan fingerprint density at radius 3 is 1.97 bits per heavy atom. The number of carbonyl (C=O) groups is 1. The summed E-state index contributed by atoms with van der Waals surface area (Å²) >= 11 is 0. The molecule has 224 valence electrons. The van der Waals surface area contributed by atoms with Gasteiger partial charge >= 0.3 is 13.9 Å². The molecule has 1 aromatic carbocycles. The Morgan fingerprint density at radius 2 is 1.44 bits per heavy atom. The molecule has 16 heteroatoms. The Hall–Kier alpha value is -0.792. The van der Waals surface area contributed by atoms with Crippen molar-refractivity contribution in [2.75, 3.05) is 85.8 Å². The first-order valence-electron chi connectivity index (χ1n) is 12.1. The molecule has 1 saturated heterocycles. The van der Waals surface area contributed by atoms with Crippen molar-refractivity contribution in [2.45, 2.75) is 18.8 Å². The molecule has 2 atom stereocenters. The number of ketones is 1. The van der Waals surface area contributed by atoms with E-state index in [1.165, 1.54) is 12.1 Å². The van der Waals surface area contributed by atoms with Crippen LogP contribution in [0.3, 0.4) is 0 Å². The Balaban J connectivity index is 0.00000760. The van der Waals surface area contributed by atoms with E-state index in [1.807, 2.05) is 0 Å². The molecule has 0 aromatic heterocycles. The standard InChI is InChI=1S/C23H34F4NO9P.Mo/c24-22(23(25,26)27)21(30)20-3-1-19(2-4-20)5-9-36-38(31,28-6-10-32-11-7-28)37-18-17-35-16-15-34-14-13-33-12-8-29;/h1-4,22,29H,5-18H2;. The van der Waals surface area contributed by atoms with E-state index in [0.717, 1.165) is 12.1 Å². The van der Waals surface area contributed by atoms with Crippen molar-refractivity contribution in [1.29, 1.82) is 0 Å². The van der Waals surface area contributed by atoms with E-state index in [4.69, 9.17) is 33.1 Å². The van der Waals surface area contributed by atoms with Crippen molar-refractivity contribution in [3.63, 3.8) is 0 Å². The van der Waals surface area contributed by atoms with Crippen molar-refractivity contribution < 1.29 is 81.1 Å². The van der Waals surface area contributed by atoms with Crippen LogP contribution < -0.4 is 0 Å². The monoisotopic (exact) mass is 673 g/mol. The second kappa shape index (κ2) is 19.4. The first kappa shape index (κ1) is 36.2. The summed E-state index contributed by atoms with van der Waals surface area (Å²) in [5.74, 6) is -1.66. The first-order chi connectivity index (χ1) is 18.2. The van der Waals surface area contributed by atoms with Crippen molar-refractivity contribution in [3.8, 4) is 0 Å². The second-order valence-electron chi connectivity index (χ2n) is 7.98. The van der Waals surface area contributed by atoms with Crippen LogP contribution in [0.25, 0.3) is 0 Å². The van der Waals surface area contributed by atoms with Crippen LogP contribution in [0.4, 0.5) is 17.6 Å². The van der Waals surface area contributed by atoms with Gasteiger partial charge in [0.1, 0.15) is 0 Å². The van der Waals surface area contributed by atoms with Gasteiger partial charge in [0.05, 0.1) is 72.7 Å². The van der Waals surface area contributed by atoms with Gasteiger partial charge in [0.2, 0.25) is 5.78 Å². The first-order valence-corrected chi connectivity index (χ1v) is 13.6. The number of halogens is 4. The minimum atomic E-state index is -5.26. The molecule has 1 N–H and O–H groups in total. The number of benzene rings is 1. The van der Waals surface area contributed by atoms with Crippen molar-refractivity contribution in [1.82, 2.24) is 4.67 Å². The van der Waals surface area contributed by atoms with Gasteiger partial charge in [-0.1, -0.05) is 24.3 Å². The number of carbonyl (C=O) groups excluding carboxylic acids is 1. The van der Waals surface area contributed by atoms with Gasteiger partial charge in [-0.05, 0) is 12.0 Å². The molecule has 2 rings (SSSR count). The zero-order chi connectivity index (χ0) is 27.9. The summed E-state index contributed by atoms with van der Waals surface area (Å²) in [5.41, 5.74) is 0.185. The molecule has 1 heterocycles. The Kier molecular flexibility index (Phi) is 18.0. The van der Waals surface area contributed by atoms with Crippen molar-refractivity contribution in [2.24, 2.45) is 0 Å². The zero-order valence-electron chi connectivity index (χ0n) is 21.3. The van der Waals surface area contributed by atoms with Gasteiger partial charge in [-0.25, -0.2) is 13.6 Å². The van der Waals surface area contributed by atoms with E-state index < -0.39 is 31.4 Å². The topological polar surface area (TPSA) is 113 Å². The smallest absolute Gasteiger partial charge is 0.394 e. The number of alkyl halides is 4. The van der Waals surface area contributed by atoms with Crippen LogP contribution in [-0.4, -0.2) is 114 Å². The average molecular weight is 671 g/mol. The van der Waals surface area contributed by atoms with Crippen LogP contribution in [-0.2, 0) is 60.0 Å². The third-order valence-electron chi connectivity index (χ3n) is 5.20. The van der Waals surface area contributed by atoms with E-state index in [0.29, 0.717) is 51.7 Å². The normalized spacial score (nSPS) is 16.8. The molecule has 39 heavy (non-hydrogen) atoms. The Labute approximate surface area is 239 Å². The molecule has 1 aliphatic heterocycles. The number of nitrogens with zero attached hydrogens (tertiary/aromatic N) is 1. The number of hydrogen-bond acceptors (Lipinski definition) is 9. The molecule has 2 unspecified atom stereocenters. The molecular weight excluding hydrogens is 637 g/mol. The minimum absolute atomic E-state index is 0. The van der Waals surface area contributed by atoms with Gasteiger partial charge in [-0.2, -0.15) is 13.2 Å². The van der Waals surface area contributed by atoms with Gasteiger partial charge in [0.25, 0.3) is 6.17 Å². The molecule has 0 amide bonds. The molecular formula is C23H34F4MoNO9P. The predicted molar refractivity (Wildman–Crippen MR) is 127 cm³/mol. The van der Waals surface area contributed by atoms with Crippen LogP contribution in [0.15, 0.2) is 24.3 Å². The van der Waals surface area contributed by atoms with E-state index >= 15 is 0 Å². The molecule has 1 aliphatic rings. The summed E-state index contributed by atoms with van der Waals surface area (Å²) in [5, 5.41) is 8.61. The van der Waals surface area contributed by atoms with Gasteiger partial charge in [-0.3, -0.25) is 13.8 Å². The fourth-order valence-electron chi connectivity index (χ4n) is 3.23. The van der Waals surface area contributed by atoms with E-state index in [2.05, 4.69) is 0 Å². The molecule has 0 bridgehead atoms. The fourth-order valence-corrected chi connectivity index (χ4v) is 4.91. The molecule has 0 spiro atoms.